The van der Waals surface area contributed by atoms with Gasteiger partial charge in [0.25, 0.3) is 5.22 Å². The summed E-state index contributed by atoms with van der Waals surface area (Å²) in [6.45, 7) is 3.69. The fourth-order valence-corrected chi connectivity index (χ4v) is 2.34. The first-order valence-corrected chi connectivity index (χ1v) is 5.39. The van der Waals surface area contributed by atoms with Crippen molar-refractivity contribution in [1.29, 1.82) is 0 Å². The highest BCUT2D eigenvalue weighted by Gasteiger charge is 2.17. The topological polar surface area (TPSA) is 35.3 Å². The van der Waals surface area contributed by atoms with E-state index in [1.807, 2.05) is 6.92 Å². The molecule has 72 valence electrons. The van der Waals surface area contributed by atoms with Gasteiger partial charge in [-0.05, 0) is 19.8 Å². The van der Waals surface area contributed by atoms with Crippen LogP contribution in [0.15, 0.2) is 15.9 Å². The molecule has 4 heteroatoms. The lowest BCUT2D eigenvalue weighted by atomic mass is 10.2. The van der Waals surface area contributed by atoms with E-state index >= 15 is 0 Å². The summed E-state index contributed by atoms with van der Waals surface area (Å²) < 4.78 is 10.6. The minimum atomic E-state index is 0.617. The SMILES string of the molecule is Cc1coc(SC2CCOCC2)n1. The molecule has 13 heavy (non-hydrogen) atoms. The smallest absolute Gasteiger partial charge is 0.256 e. The predicted octanol–water partition coefficient (Wildman–Crippen LogP) is 2.25. The zero-order valence-corrected chi connectivity index (χ0v) is 8.47. The van der Waals surface area contributed by atoms with E-state index in [9.17, 15) is 0 Å². The van der Waals surface area contributed by atoms with Crippen LogP contribution in [-0.2, 0) is 4.74 Å². The standard InChI is InChI=1S/C9H13NO2S/c1-7-6-12-9(10-7)13-8-2-4-11-5-3-8/h6,8H,2-5H2,1H3. The van der Waals surface area contributed by atoms with Crippen molar-refractivity contribution in [3.8, 4) is 0 Å². The van der Waals surface area contributed by atoms with Crippen molar-refractivity contribution >= 4 is 11.8 Å². The van der Waals surface area contributed by atoms with E-state index in [4.69, 9.17) is 9.15 Å². The Labute approximate surface area is 81.9 Å². The van der Waals surface area contributed by atoms with Crippen molar-refractivity contribution in [1.82, 2.24) is 4.98 Å². The van der Waals surface area contributed by atoms with E-state index in [1.54, 1.807) is 18.0 Å². The van der Waals surface area contributed by atoms with Crippen LogP contribution in [0.4, 0.5) is 0 Å². The zero-order valence-electron chi connectivity index (χ0n) is 7.66. The summed E-state index contributed by atoms with van der Waals surface area (Å²) in [7, 11) is 0. The van der Waals surface area contributed by atoms with Crippen molar-refractivity contribution in [2.75, 3.05) is 13.2 Å². The minimum absolute atomic E-state index is 0.617. The van der Waals surface area contributed by atoms with Gasteiger partial charge in [0, 0.05) is 18.5 Å². The lowest BCUT2D eigenvalue weighted by molar-refractivity contribution is 0.0998. The van der Waals surface area contributed by atoms with Crippen molar-refractivity contribution in [2.45, 2.75) is 30.2 Å². The van der Waals surface area contributed by atoms with E-state index in [0.29, 0.717) is 5.25 Å². The molecule has 0 amide bonds. The van der Waals surface area contributed by atoms with Gasteiger partial charge in [-0.25, -0.2) is 4.98 Å². The Kier molecular flexibility index (Phi) is 2.90. The molecular weight excluding hydrogens is 186 g/mol. The highest BCUT2D eigenvalue weighted by atomic mass is 32.2. The highest BCUT2D eigenvalue weighted by molar-refractivity contribution is 7.99. The van der Waals surface area contributed by atoms with Gasteiger partial charge in [0.2, 0.25) is 0 Å². The molecule has 0 bridgehead atoms. The molecule has 1 saturated heterocycles. The molecule has 0 unspecified atom stereocenters. The molecule has 1 aromatic rings. The number of oxazole rings is 1. The maximum absolute atomic E-state index is 5.28. The summed E-state index contributed by atoms with van der Waals surface area (Å²) in [6, 6.07) is 0. The molecule has 0 radical (unpaired) electrons. The molecule has 3 nitrogen and oxygen atoms in total. The van der Waals surface area contributed by atoms with Gasteiger partial charge >= 0.3 is 0 Å². The zero-order chi connectivity index (χ0) is 9.10. The lowest BCUT2D eigenvalue weighted by Crippen LogP contribution is -2.17. The monoisotopic (exact) mass is 199 g/mol. The van der Waals surface area contributed by atoms with Crippen LogP contribution in [0.2, 0.25) is 0 Å². The molecule has 2 rings (SSSR count). The molecule has 1 aliphatic heterocycles. The van der Waals surface area contributed by atoms with Crippen LogP contribution in [0.25, 0.3) is 0 Å². The first-order chi connectivity index (χ1) is 6.34. The van der Waals surface area contributed by atoms with Crippen LogP contribution in [-0.4, -0.2) is 23.4 Å². The second kappa shape index (κ2) is 4.15. The fraction of sp³-hybridized carbons (Fsp3) is 0.667. The summed E-state index contributed by atoms with van der Waals surface area (Å²) in [5.41, 5.74) is 0.953. The van der Waals surface area contributed by atoms with Crippen LogP contribution in [0.3, 0.4) is 0 Å². The predicted molar refractivity (Wildman–Crippen MR) is 50.9 cm³/mol. The van der Waals surface area contributed by atoms with E-state index in [0.717, 1.165) is 37.0 Å². The third kappa shape index (κ3) is 2.48. The second-order valence-electron chi connectivity index (χ2n) is 3.18. The molecule has 0 aromatic carbocycles. The van der Waals surface area contributed by atoms with Crippen molar-refractivity contribution in [3.63, 3.8) is 0 Å². The molecule has 1 aromatic heterocycles. The summed E-state index contributed by atoms with van der Waals surface area (Å²) in [6.07, 6.45) is 3.90. The van der Waals surface area contributed by atoms with Crippen LogP contribution < -0.4 is 0 Å². The number of ether oxygens (including phenoxy) is 1. The maximum atomic E-state index is 5.28. The van der Waals surface area contributed by atoms with Gasteiger partial charge < -0.3 is 9.15 Å². The van der Waals surface area contributed by atoms with Crippen molar-refractivity contribution in [2.24, 2.45) is 0 Å². The molecule has 1 aliphatic rings. The third-order valence-electron chi connectivity index (χ3n) is 2.03. The first-order valence-electron chi connectivity index (χ1n) is 4.51. The number of nitrogens with zero attached hydrogens (tertiary/aromatic N) is 1. The van der Waals surface area contributed by atoms with Crippen molar-refractivity contribution in [3.05, 3.63) is 12.0 Å². The fourth-order valence-electron chi connectivity index (χ4n) is 1.32. The van der Waals surface area contributed by atoms with Crippen LogP contribution in [0.5, 0.6) is 0 Å². The van der Waals surface area contributed by atoms with Gasteiger partial charge in [-0.3, -0.25) is 0 Å². The van der Waals surface area contributed by atoms with Gasteiger partial charge in [-0.15, -0.1) is 0 Å². The van der Waals surface area contributed by atoms with Crippen LogP contribution >= 0.6 is 11.8 Å². The van der Waals surface area contributed by atoms with Gasteiger partial charge in [0.15, 0.2) is 0 Å². The van der Waals surface area contributed by atoms with Gasteiger partial charge in [0.05, 0.1) is 5.69 Å². The Morgan fingerprint density at radius 2 is 2.23 bits per heavy atom. The minimum Gasteiger partial charge on any atom is -0.440 e. The van der Waals surface area contributed by atoms with E-state index in [-0.39, 0.29) is 0 Å². The largest absolute Gasteiger partial charge is 0.440 e. The number of aromatic nitrogens is 1. The van der Waals surface area contributed by atoms with Gasteiger partial charge in [0.1, 0.15) is 6.26 Å². The number of hydrogen-bond acceptors (Lipinski definition) is 4. The molecular formula is C9H13NO2S. The molecule has 0 saturated carbocycles. The Balaban J connectivity index is 1.89. The molecule has 2 heterocycles. The third-order valence-corrected chi connectivity index (χ3v) is 3.23. The van der Waals surface area contributed by atoms with Crippen molar-refractivity contribution < 1.29 is 9.15 Å². The lowest BCUT2D eigenvalue weighted by Gasteiger charge is -2.19. The van der Waals surface area contributed by atoms with Gasteiger partial charge in [-0.2, -0.15) is 0 Å². The van der Waals surface area contributed by atoms with Crippen LogP contribution in [0.1, 0.15) is 18.5 Å². The number of rotatable bonds is 2. The Bertz CT molecular complexity index is 268. The molecule has 0 spiro atoms. The average Bonchev–Trinajstić information content (AvgIpc) is 2.53. The molecule has 1 fully saturated rings. The normalized spacial score (nSPS) is 19.2. The summed E-state index contributed by atoms with van der Waals surface area (Å²) in [5, 5.41) is 1.41. The Morgan fingerprint density at radius 3 is 2.85 bits per heavy atom. The molecule has 0 atom stereocenters. The Morgan fingerprint density at radius 1 is 1.46 bits per heavy atom. The molecule has 0 N–H and O–H groups in total. The number of thioether (sulfide) groups is 1. The number of aryl methyl sites for hydroxylation is 1. The summed E-state index contributed by atoms with van der Waals surface area (Å²) in [5.74, 6) is 0. The Hall–Kier alpha value is -0.480. The number of hydrogen-bond donors (Lipinski definition) is 0. The second-order valence-corrected chi connectivity index (χ2v) is 4.44. The van der Waals surface area contributed by atoms with E-state index < -0.39 is 0 Å². The first kappa shape index (κ1) is 9.09. The van der Waals surface area contributed by atoms with Gasteiger partial charge in [-0.1, -0.05) is 11.8 Å². The molecule has 0 aliphatic carbocycles. The van der Waals surface area contributed by atoms with Crippen LogP contribution in [0, 0.1) is 6.92 Å². The maximum Gasteiger partial charge on any atom is 0.256 e. The van der Waals surface area contributed by atoms with E-state index in [2.05, 4.69) is 4.98 Å². The summed E-state index contributed by atoms with van der Waals surface area (Å²) in [4.78, 5) is 4.26. The highest BCUT2D eigenvalue weighted by Crippen LogP contribution is 2.28. The summed E-state index contributed by atoms with van der Waals surface area (Å²) >= 11 is 1.73. The average molecular weight is 199 g/mol. The van der Waals surface area contributed by atoms with E-state index in [1.165, 1.54) is 0 Å². The quantitative estimate of drug-likeness (QED) is 0.731.